The van der Waals surface area contributed by atoms with E-state index in [1.165, 1.54) is 11.3 Å². The average Bonchev–Trinajstić information content (AvgIpc) is 3.62. The van der Waals surface area contributed by atoms with Gasteiger partial charge in [0, 0.05) is 37.1 Å². The molecule has 0 unspecified atom stereocenters. The summed E-state index contributed by atoms with van der Waals surface area (Å²) < 4.78 is 19.0. The fraction of sp³-hybridized carbons (Fsp3) is 0.400. The maximum Gasteiger partial charge on any atom is 0.276 e. The number of thiazole rings is 1. The summed E-state index contributed by atoms with van der Waals surface area (Å²) in [5.41, 5.74) is 4.16. The number of carbonyl (C=O) groups is 1. The first-order valence-electron chi connectivity index (χ1n) is 11.9. The third kappa shape index (κ3) is 6.23. The van der Waals surface area contributed by atoms with E-state index in [1.54, 1.807) is 24.2 Å². The summed E-state index contributed by atoms with van der Waals surface area (Å²) in [6.45, 7) is 5.92. The van der Waals surface area contributed by atoms with E-state index in [1.807, 2.05) is 35.7 Å². The van der Waals surface area contributed by atoms with E-state index < -0.39 is 0 Å². The molecule has 2 saturated heterocycles. The Morgan fingerprint density at radius 3 is 2.72 bits per heavy atom. The number of anilines is 2. The van der Waals surface area contributed by atoms with Crippen molar-refractivity contribution < 1.29 is 19.0 Å². The van der Waals surface area contributed by atoms with Gasteiger partial charge >= 0.3 is 0 Å². The number of rotatable bonds is 9. The van der Waals surface area contributed by atoms with Gasteiger partial charge in [0.2, 0.25) is 0 Å². The molecule has 2 aromatic heterocycles. The molecule has 11 heteroatoms. The van der Waals surface area contributed by atoms with Gasteiger partial charge in [0.15, 0.2) is 11.4 Å². The zero-order chi connectivity index (χ0) is 24.7. The largest absolute Gasteiger partial charge is 0.371 e. The first-order chi connectivity index (χ1) is 17.7. The van der Waals surface area contributed by atoms with Gasteiger partial charge in [-0.05, 0) is 24.0 Å². The van der Waals surface area contributed by atoms with Gasteiger partial charge in [-0.2, -0.15) is 0 Å². The highest BCUT2D eigenvalue weighted by atomic mass is 32.2. The predicted molar refractivity (Wildman–Crippen MR) is 142 cm³/mol. The minimum absolute atomic E-state index is 0.275. The molecule has 190 valence electrons. The van der Waals surface area contributed by atoms with Gasteiger partial charge in [-0.25, -0.2) is 14.3 Å². The number of aromatic nitrogens is 2. The second-order valence-corrected chi connectivity index (χ2v) is 10.1. The lowest BCUT2D eigenvalue weighted by atomic mass is 10.1. The second-order valence-electron chi connectivity index (χ2n) is 8.34. The Morgan fingerprint density at radius 2 is 1.97 bits per heavy atom. The van der Waals surface area contributed by atoms with Crippen molar-refractivity contribution in [1.82, 2.24) is 14.3 Å². The van der Waals surface area contributed by atoms with Crippen molar-refractivity contribution in [2.45, 2.75) is 12.9 Å². The molecule has 0 spiro atoms. The molecule has 0 aliphatic carbocycles. The number of ether oxygens (including phenoxy) is 3. The Labute approximate surface area is 218 Å². The van der Waals surface area contributed by atoms with Crippen LogP contribution in [0.1, 0.15) is 16.1 Å². The average molecular weight is 528 g/mol. The molecule has 3 aromatic rings. The third-order valence-corrected chi connectivity index (χ3v) is 7.70. The van der Waals surface area contributed by atoms with Crippen LogP contribution in [0.5, 0.6) is 0 Å². The Balaban J connectivity index is 1.18. The molecule has 4 heterocycles. The topological polar surface area (TPSA) is 89.1 Å². The lowest BCUT2D eigenvalue weighted by Gasteiger charge is -2.34. The van der Waals surface area contributed by atoms with Gasteiger partial charge in [-0.15, -0.1) is 11.3 Å². The van der Waals surface area contributed by atoms with E-state index in [-0.39, 0.29) is 12.2 Å². The summed E-state index contributed by atoms with van der Waals surface area (Å²) in [5.74, 6) is -0.275. The summed E-state index contributed by atoms with van der Waals surface area (Å²) in [6, 6.07) is 11.7. The first kappa shape index (κ1) is 25.1. The zero-order valence-corrected chi connectivity index (χ0v) is 21.7. The normalized spacial score (nSPS) is 17.0. The third-order valence-electron chi connectivity index (χ3n) is 6.06. The van der Waals surface area contributed by atoms with Crippen molar-refractivity contribution in [2.24, 2.45) is 0 Å². The van der Waals surface area contributed by atoms with Crippen molar-refractivity contribution >= 4 is 40.0 Å². The van der Waals surface area contributed by atoms with E-state index in [9.17, 15) is 4.79 Å². The fourth-order valence-corrected chi connectivity index (χ4v) is 5.35. The van der Waals surface area contributed by atoms with Gasteiger partial charge in [-0.3, -0.25) is 10.1 Å². The van der Waals surface area contributed by atoms with Crippen LogP contribution in [0.2, 0.25) is 0 Å². The van der Waals surface area contributed by atoms with Crippen LogP contribution in [0.15, 0.2) is 48.0 Å². The summed E-state index contributed by atoms with van der Waals surface area (Å²) in [6.07, 6.45) is 3.58. The molecule has 1 aromatic carbocycles. The lowest BCUT2D eigenvalue weighted by Crippen LogP contribution is -2.43. The quantitative estimate of drug-likeness (QED) is 0.418. The molecule has 0 bridgehead atoms. The molecule has 0 atom stereocenters. The van der Waals surface area contributed by atoms with E-state index in [0.29, 0.717) is 37.3 Å². The van der Waals surface area contributed by atoms with Crippen LogP contribution in [-0.4, -0.2) is 78.7 Å². The molecule has 0 saturated carbocycles. The lowest BCUT2D eigenvalue weighted by molar-refractivity contribution is -0.0974. The van der Waals surface area contributed by atoms with Crippen LogP contribution in [-0.2, 0) is 20.8 Å². The van der Waals surface area contributed by atoms with Crippen molar-refractivity contribution in [2.75, 3.05) is 62.5 Å². The number of nitrogens with zero attached hydrogens (tertiary/aromatic N) is 4. The smallest absolute Gasteiger partial charge is 0.276 e. The molecular weight excluding hydrogens is 498 g/mol. The Bertz CT molecular complexity index is 1150. The summed E-state index contributed by atoms with van der Waals surface area (Å²) >= 11 is 3.16. The van der Waals surface area contributed by atoms with Crippen LogP contribution < -0.4 is 10.2 Å². The van der Waals surface area contributed by atoms with Crippen molar-refractivity contribution in [3.63, 3.8) is 0 Å². The summed E-state index contributed by atoms with van der Waals surface area (Å²) in [5, 5.41) is 5.34. The van der Waals surface area contributed by atoms with Gasteiger partial charge in [0.05, 0.1) is 44.0 Å². The minimum Gasteiger partial charge on any atom is -0.371 e. The fourth-order valence-electron chi connectivity index (χ4n) is 4.12. The van der Waals surface area contributed by atoms with Crippen LogP contribution in [0.4, 0.5) is 10.8 Å². The van der Waals surface area contributed by atoms with E-state index in [4.69, 9.17) is 14.2 Å². The van der Waals surface area contributed by atoms with Crippen molar-refractivity contribution in [1.29, 1.82) is 0 Å². The monoisotopic (exact) mass is 527 g/mol. The maximum atomic E-state index is 12.8. The minimum atomic E-state index is -0.300. The molecule has 2 aliphatic heterocycles. The summed E-state index contributed by atoms with van der Waals surface area (Å²) in [7, 11) is 0. The molecule has 1 amide bonds. The number of pyridine rings is 1. The van der Waals surface area contributed by atoms with Crippen molar-refractivity contribution in [3.05, 3.63) is 59.2 Å². The van der Waals surface area contributed by atoms with Crippen LogP contribution in [0.3, 0.4) is 0 Å². The van der Waals surface area contributed by atoms with Crippen LogP contribution in [0.25, 0.3) is 11.3 Å². The molecule has 5 rings (SSSR count). The number of hydrogen-bond acceptors (Lipinski definition) is 10. The number of carbonyl (C=O) groups excluding carboxylic acids is 1. The molecule has 2 fully saturated rings. The van der Waals surface area contributed by atoms with Crippen LogP contribution in [0, 0.1) is 0 Å². The molecule has 36 heavy (non-hydrogen) atoms. The van der Waals surface area contributed by atoms with Gasteiger partial charge in [0.25, 0.3) is 5.91 Å². The number of nitrogens with one attached hydrogen (secondary N) is 1. The van der Waals surface area contributed by atoms with Gasteiger partial charge in [-0.1, -0.05) is 36.2 Å². The van der Waals surface area contributed by atoms with Crippen LogP contribution >= 0.6 is 23.3 Å². The van der Waals surface area contributed by atoms with E-state index in [0.717, 1.165) is 48.7 Å². The van der Waals surface area contributed by atoms with E-state index in [2.05, 4.69) is 30.7 Å². The highest BCUT2D eigenvalue weighted by Crippen LogP contribution is 2.28. The number of benzene rings is 1. The Morgan fingerprint density at radius 1 is 1.17 bits per heavy atom. The molecular formula is C25H29N5O4S2. The second kappa shape index (κ2) is 12.1. The summed E-state index contributed by atoms with van der Waals surface area (Å²) in [4.78, 5) is 24.1. The van der Waals surface area contributed by atoms with Gasteiger partial charge < -0.3 is 19.1 Å². The molecule has 2 aliphatic rings. The SMILES string of the molecule is CSN1CCN(c2ccc(C(=O)Nc3nc(-c4ccccc4COCC4OCCO4)cs3)nc2)CC1. The maximum absolute atomic E-state index is 12.8. The zero-order valence-electron chi connectivity index (χ0n) is 20.1. The number of hydrogen-bond donors (Lipinski definition) is 1. The Hall–Kier alpha value is -2.54. The molecule has 1 N–H and O–H groups in total. The highest BCUT2D eigenvalue weighted by Gasteiger charge is 2.19. The van der Waals surface area contributed by atoms with E-state index >= 15 is 0 Å². The number of amides is 1. The first-order valence-corrected chi connectivity index (χ1v) is 13.9. The molecule has 9 nitrogen and oxygen atoms in total. The van der Waals surface area contributed by atoms with Gasteiger partial charge in [0.1, 0.15) is 5.69 Å². The molecule has 0 radical (unpaired) electrons. The standard InChI is InChI=1S/C25H29N5O4S2/c1-35-30-10-8-29(9-11-30)19-6-7-21(26-14-19)24(31)28-25-27-22(17-36-25)20-5-3-2-4-18(20)15-32-16-23-33-12-13-34-23/h2-7,14,17,23H,8-13,15-16H2,1H3,(H,27,28,31). The number of piperazine rings is 1. The predicted octanol–water partition coefficient (Wildman–Crippen LogP) is 3.75. The Kier molecular flexibility index (Phi) is 8.47. The highest BCUT2D eigenvalue weighted by molar-refractivity contribution is 7.96. The van der Waals surface area contributed by atoms with Crippen molar-refractivity contribution in [3.8, 4) is 11.3 Å².